The van der Waals surface area contributed by atoms with Crippen LogP contribution in [0.4, 0.5) is 0 Å². The van der Waals surface area contributed by atoms with E-state index in [4.69, 9.17) is 0 Å². The third kappa shape index (κ3) is 5.47. The molecule has 0 amide bonds. The van der Waals surface area contributed by atoms with Crippen molar-refractivity contribution in [2.45, 2.75) is 27.3 Å². The zero-order valence-corrected chi connectivity index (χ0v) is 14.4. The Kier molecular flexibility index (Phi) is 5.47. The monoisotopic (exact) mass is 307 g/mol. The lowest BCUT2D eigenvalue weighted by atomic mass is 9.98. The maximum absolute atomic E-state index is 10.0. The van der Waals surface area contributed by atoms with Gasteiger partial charge in [0.25, 0.3) is 0 Å². The molecule has 0 spiro atoms. The van der Waals surface area contributed by atoms with Gasteiger partial charge in [-0.3, -0.25) is 4.90 Å². The Morgan fingerprint density at radius 2 is 1.83 bits per heavy atom. The molecule has 0 atom stereocenters. The van der Waals surface area contributed by atoms with Gasteiger partial charge in [0.05, 0.1) is 6.54 Å². The summed E-state index contributed by atoms with van der Waals surface area (Å²) in [7, 11) is 2.00. The van der Waals surface area contributed by atoms with Crippen molar-refractivity contribution in [2.75, 3.05) is 13.6 Å². The van der Waals surface area contributed by atoms with E-state index in [0.29, 0.717) is 12.3 Å². The zero-order chi connectivity index (χ0) is 16.9. The Morgan fingerprint density at radius 3 is 2.57 bits per heavy atom. The van der Waals surface area contributed by atoms with E-state index in [1.54, 1.807) is 6.08 Å². The molecule has 2 aromatic carbocycles. The van der Waals surface area contributed by atoms with Crippen LogP contribution in [0.2, 0.25) is 0 Å². The fourth-order valence-corrected chi connectivity index (χ4v) is 2.44. The van der Waals surface area contributed by atoms with Gasteiger partial charge in [0.2, 0.25) is 0 Å². The van der Waals surface area contributed by atoms with Crippen LogP contribution in [-0.4, -0.2) is 23.6 Å². The van der Waals surface area contributed by atoms with Gasteiger partial charge in [-0.05, 0) is 44.2 Å². The van der Waals surface area contributed by atoms with Gasteiger partial charge < -0.3 is 5.11 Å². The fourth-order valence-electron chi connectivity index (χ4n) is 2.44. The summed E-state index contributed by atoms with van der Waals surface area (Å²) in [5.74, 6) is 6.33. The third-order valence-electron chi connectivity index (χ3n) is 3.44. The molecule has 0 unspecified atom stereocenters. The molecule has 0 aliphatic heterocycles. The molecular weight excluding hydrogens is 282 g/mol. The van der Waals surface area contributed by atoms with E-state index >= 15 is 0 Å². The first-order chi connectivity index (χ1) is 10.8. The van der Waals surface area contributed by atoms with E-state index in [1.807, 2.05) is 7.05 Å². The highest BCUT2D eigenvalue weighted by atomic mass is 16.3. The fraction of sp³-hybridized carbons (Fsp3) is 0.333. The SMILES string of the molecule is CN(C/C(O)=C/C#CC(C)(C)C)Cc1cccc2ccccc12. The largest absolute Gasteiger partial charge is 0.510 e. The maximum Gasteiger partial charge on any atom is 0.115 e. The molecule has 120 valence electrons. The van der Waals surface area contributed by atoms with Crippen molar-refractivity contribution in [2.24, 2.45) is 5.41 Å². The molecular formula is C21H25NO. The van der Waals surface area contributed by atoms with Crippen molar-refractivity contribution in [3.8, 4) is 11.8 Å². The third-order valence-corrected chi connectivity index (χ3v) is 3.44. The van der Waals surface area contributed by atoms with E-state index in [9.17, 15) is 5.11 Å². The van der Waals surface area contributed by atoms with E-state index in [0.717, 1.165) is 6.54 Å². The minimum atomic E-state index is -0.0500. The summed E-state index contributed by atoms with van der Waals surface area (Å²) in [5, 5.41) is 12.5. The number of benzene rings is 2. The van der Waals surface area contributed by atoms with Crippen LogP contribution in [0.3, 0.4) is 0 Å². The molecule has 0 saturated carbocycles. The van der Waals surface area contributed by atoms with Gasteiger partial charge in [-0.1, -0.05) is 54.3 Å². The molecule has 23 heavy (non-hydrogen) atoms. The Bertz CT molecular complexity index is 751. The van der Waals surface area contributed by atoms with E-state index in [1.165, 1.54) is 16.3 Å². The number of aliphatic hydroxyl groups is 1. The quantitative estimate of drug-likeness (QED) is 0.650. The molecule has 0 aromatic heterocycles. The van der Waals surface area contributed by atoms with E-state index < -0.39 is 0 Å². The van der Waals surface area contributed by atoms with Gasteiger partial charge in [-0.2, -0.15) is 0 Å². The number of hydrogen-bond acceptors (Lipinski definition) is 2. The summed E-state index contributed by atoms with van der Waals surface area (Å²) >= 11 is 0. The molecule has 0 bridgehead atoms. The van der Waals surface area contributed by atoms with Crippen molar-refractivity contribution in [1.82, 2.24) is 4.90 Å². The standard InChI is InChI=1S/C21H25NO/c1-21(2,3)14-8-12-19(23)16-22(4)15-18-11-7-10-17-9-5-6-13-20(17)18/h5-7,9-13,23H,15-16H2,1-4H3/b19-12-. The van der Waals surface area contributed by atoms with Crippen LogP contribution >= 0.6 is 0 Å². The van der Waals surface area contributed by atoms with Gasteiger partial charge in [0.15, 0.2) is 0 Å². The zero-order valence-electron chi connectivity index (χ0n) is 14.4. The van der Waals surface area contributed by atoms with Crippen LogP contribution in [0, 0.1) is 17.3 Å². The van der Waals surface area contributed by atoms with Crippen molar-refractivity contribution < 1.29 is 5.11 Å². The second-order valence-corrected chi connectivity index (χ2v) is 6.97. The number of likely N-dealkylation sites (N-methyl/N-ethyl adjacent to an activating group) is 1. The van der Waals surface area contributed by atoms with Gasteiger partial charge in [-0.25, -0.2) is 0 Å². The topological polar surface area (TPSA) is 23.5 Å². The smallest absolute Gasteiger partial charge is 0.115 e. The number of allylic oxidation sites excluding steroid dienone is 1. The number of nitrogens with zero attached hydrogens (tertiary/aromatic N) is 1. The highest BCUT2D eigenvalue weighted by Crippen LogP contribution is 2.19. The molecule has 0 heterocycles. The lowest BCUT2D eigenvalue weighted by molar-refractivity contribution is 0.285. The van der Waals surface area contributed by atoms with E-state index in [2.05, 4.69) is 80.0 Å². The Hall–Kier alpha value is -2.24. The lowest BCUT2D eigenvalue weighted by Gasteiger charge is -2.17. The van der Waals surface area contributed by atoms with Gasteiger partial charge in [0.1, 0.15) is 5.76 Å². The minimum absolute atomic E-state index is 0.0500. The average molecular weight is 307 g/mol. The maximum atomic E-state index is 10.0. The molecule has 0 aliphatic carbocycles. The molecule has 0 aliphatic rings. The van der Waals surface area contributed by atoms with Crippen LogP contribution in [0.15, 0.2) is 54.3 Å². The predicted octanol–water partition coefficient (Wildman–Crippen LogP) is 4.76. The first-order valence-corrected chi connectivity index (χ1v) is 7.91. The molecule has 2 nitrogen and oxygen atoms in total. The van der Waals surface area contributed by atoms with Gasteiger partial charge in [0, 0.05) is 18.0 Å². The molecule has 0 radical (unpaired) electrons. The summed E-state index contributed by atoms with van der Waals surface area (Å²) < 4.78 is 0. The average Bonchev–Trinajstić information content (AvgIpc) is 2.46. The summed E-state index contributed by atoms with van der Waals surface area (Å²) in [6, 6.07) is 14.7. The molecule has 2 rings (SSSR count). The summed E-state index contributed by atoms with van der Waals surface area (Å²) in [6.45, 7) is 7.43. The van der Waals surface area contributed by atoms with Crippen LogP contribution in [-0.2, 0) is 6.54 Å². The normalized spacial score (nSPS) is 12.3. The van der Waals surface area contributed by atoms with Crippen LogP contribution in [0.5, 0.6) is 0 Å². The van der Waals surface area contributed by atoms with Gasteiger partial charge in [-0.15, -0.1) is 0 Å². The van der Waals surface area contributed by atoms with Crippen molar-refractivity contribution in [3.63, 3.8) is 0 Å². The molecule has 0 saturated heterocycles. The van der Waals surface area contributed by atoms with E-state index in [-0.39, 0.29) is 5.41 Å². The van der Waals surface area contributed by atoms with Crippen LogP contribution < -0.4 is 0 Å². The summed E-state index contributed by atoms with van der Waals surface area (Å²) in [5.41, 5.74) is 1.21. The van der Waals surface area contributed by atoms with Crippen molar-refractivity contribution in [1.29, 1.82) is 0 Å². The number of hydrogen-bond donors (Lipinski definition) is 1. The first kappa shape index (κ1) is 17.1. The van der Waals surface area contributed by atoms with Gasteiger partial charge >= 0.3 is 0 Å². The molecule has 2 aromatic rings. The van der Waals surface area contributed by atoms with Crippen molar-refractivity contribution >= 4 is 10.8 Å². The molecule has 2 heteroatoms. The second kappa shape index (κ2) is 7.35. The summed E-state index contributed by atoms with van der Waals surface area (Å²) in [4.78, 5) is 2.09. The highest BCUT2D eigenvalue weighted by molar-refractivity contribution is 5.85. The number of aliphatic hydroxyl groups excluding tert-OH is 1. The number of fused-ring (bicyclic) bond motifs is 1. The van der Waals surface area contributed by atoms with Crippen molar-refractivity contribution in [3.05, 3.63) is 59.9 Å². The second-order valence-electron chi connectivity index (χ2n) is 6.97. The Morgan fingerprint density at radius 1 is 1.13 bits per heavy atom. The van der Waals surface area contributed by atoms with Crippen LogP contribution in [0.1, 0.15) is 26.3 Å². The van der Waals surface area contributed by atoms with Crippen LogP contribution in [0.25, 0.3) is 10.8 Å². The number of rotatable bonds is 4. The Balaban J connectivity index is 2.05. The first-order valence-electron chi connectivity index (χ1n) is 7.91. The summed E-state index contributed by atoms with van der Waals surface area (Å²) in [6.07, 6.45) is 1.60. The lowest BCUT2D eigenvalue weighted by Crippen LogP contribution is -2.20. The minimum Gasteiger partial charge on any atom is -0.510 e. The highest BCUT2D eigenvalue weighted by Gasteiger charge is 2.06. The predicted molar refractivity (Wildman–Crippen MR) is 98.2 cm³/mol. The molecule has 0 fully saturated rings. The Labute approximate surface area is 139 Å². The molecule has 1 N–H and O–H groups in total.